The van der Waals surface area contributed by atoms with Crippen LogP contribution in [0.2, 0.25) is 0 Å². The van der Waals surface area contributed by atoms with Gasteiger partial charge in [0.1, 0.15) is 0 Å². The Bertz CT molecular complexity index is 1230. The number of carboxylic acid groups (broad SMARTS) is 1. The number of aromatic nitrogens is 1. The summed E-state index contributed by atoms with van der Waals surface area (Å²) in [5.74, 6) is -0.942. The first-order valence-corrected chi connectivity index (χ1v) is 10.00. The number of nitrogens with zero attached hydrogens (tertiary/aromatic N) is 1. The maximum atomic E-state index is 11.6. The van der Waals surface area contributed by atoms with Crippen LogP contribution in [0.3, 0.4) is 0 Å². The van der Waals surface area contributed by atoms with Crippen LogP contribution in [-0.4, -0.2) is 16.1 Å². The van der Waals surface area contributed by atoms with Crippen LogP contribution < -0.4 is 5.32 Å². The zero-order valence-corrected chi connectivity index (χ0v) is 17.3. The standard InChI is InChI=1S/C26H24N2O2/c1-16-13-22(18(3)27-24-12-8-7-11-20(24)26(29)30)23-15-21(17(2)28-25(23)14-16)19-9-5-4-6-10-19/h4-15,18,27H,1-3H3,(H,29,30). The predicted molar refractivity (Wildman–Crippen MR) is 122 cm³/mol. The quantitative estimate of drug-likeness (QED) is 0.410. The van der Waals surface area contributed by atoms with Gasteiger partial charge in [-0.1, -0.05) is 48.5 Å². The van der Waals surface area contributed by atoms with E-state index >= 15 is 0 Å². The number of para-hydroxylation sites is 1. The molecule has 4 heteroatoms. The molecule has 0 spiro atoms. The fourth-order valence-corrected chi connectivity index (χ4v) is 3.92. The first-order valence-electron chi connectivity index (χ1n) is 10.00. The van der Waals surface area contributed by atoms with Crippen LogP contribution in [0.1, 0.15) is 40.1 Å². The summed E-state index contributed by atoms with van der Waals surface area (Å²) in [5.41, 5.74) is 7.26. The third-order valence-corrected chi connectivity index (χ3v) is 5.38. The minimum absolute atomic E-state index is 0.0963. The molecule has 150 valence electrons. The van der Waals surface area contributed by atoms with Gasteiger partial charge in [0.25, 0.3) is 0 Å². The molecule has 0 aliphatic heterocycles. The van der Waals surface area contributed by atoms with Crippen molar-refractivity contribution in [1.29, 1.82) is 0 Å². The van der Waals surface area contributed by atoms with E-state index in [1.165, 1.54) is 0 Å². The second kappa shape index (κ2) is 7.99. The molecule has 1 unspecified atom stereocenters. The Hall–Kier alpha value is -3.66. The van der Waals surface area contributed by atoms with Crippen molar-refractivity contribution >= 4 is 22.6 Å². The van der Waals surface area contributed by atoms with Crippen molar-refractivity contribution in [2.75, 3.05) is 5.32 Å². The zero-order valence-electron chi connectivity index (χ0n) is 17.3. The van der Waals surface area contributed by atoms with Crippen molar-refractivity contribution in [3.05, 3.63) is 95.2 Å². The summed E-state index contributed by atoms with van der Waals surface area (Å²) in [6, 6.07) is 23.6. The highest BCUT2D eigenvalue weighted by atomic mass is 16.4. The number of benzene rings is 3. The Balaban J connectivity index is 1.83. The molecule has 1 aromatic heterocycles. The highest BCUT2D eigenvalue weighted by Gasteiger charge is 2.16. The van der Waals surface area contributed by atoms with Gasteiger partial charge in [0.2, 0.25) is 0 Å². The Labute approximate surface area is 176 Å². The van der Waals surface area contributed by atoms with E-state index in [-0.39, 0.29) is 11.6 Å². The van der Waals surface area contributed by atoms with Gasteiger partial charge in [-0.2, -0.15) is 0 Å². The lowest BCUT2D eigenvalue weighted by Gasteiger charge is -2.20. The number of anilines is 1. The molecule has 2 N–H and O–H groups in total. The molecule has 0 saturated carbocycles. The molecule has 1 heterocycles. The summed E-state index contributed by atoms with van der Waals surface area (Å²) in [5, 5.41) is 14.0. The van der Waals surface area contributed by atoms with Crippen molar-refractivity contribution in [3.8, 4) is 11.1 Å². The number of nitrogens with one attached hydrogen (secondary N) is 1. The Morgan fingerprint density at radius 1 is 0.967 bits per heavy atom. The highest BCUT2D eigenvalue weighted by Crippen LogP contribution is 2.33. The summed E-state index contributed by atoms with van der Waals surface area (Å²) in [7, 11) is 0. The Morgan fingerprint density at radius 2 is 1.67 bits per heavy atom. The number of hydrogen-bond acceptors (Lipinski definition) is 3. The maximum absolute atomic E-state index is 11.6. The number of pyridine rings is 1. The number of aromatic carboxylic acids is 1. The van der Waals surface area contributed by atoms with Gasteiger partial charge in [-0.05, 0) is 61.7 Å². The monoisotopic (exact) mass is 396 g/mol. The van der Waals surface area contributed by atoms with Gasteiger partial charge < -0.3 is 10.4 Å². The van der Waals surface area contributed by atoms with E-state index in [9.17, 15) is 9.90 Å². The second-order valence-corrected chi connectivity index (χ2v) is 7.62. The molecule has 4 nitrogen and oxygen atoms in total. The molecule has 30 heavy (non-hydrogen) atoms. The molecular weight excluding hydrogens is 372 g/mol. The van der Waals surface area contributed by atoms with Crippen molar-refractivity contribution < 1.29 is 9.90 Å². The number of rotatable bonds is 5. The summed E-state index contributed by atoms with van der Waals surface area (Å²) >= 11 is 0. The van der Waals surface area contributed by atoms with Gasteiger partial charge in [-0.25, -0.2) is 4.79 Å². The maximum Gasteiger partial charge on any atom is 0.337 e. The van der Waals surface area contributed by atoms with E-state index in [1.807, 2.05) is 31.2 Å². The summed E-state index contributed by atoms with van der Waals surface area (Å²) in [6.07, 6.45) is 0. The smallest absolute Gasteiger partial charge is 0.337 e. The van der Waals surface area contributed by atoms with Crippen LogP contribution >= 0.6 is 0 Å². The first kappa shape index (κ1) is 19.6. The average molecular weight is 396 g/mol. The van der Waals surface area contributed by atoms with Crippen molar-refractivity contribution in [2.45, 2.75) is 26.8 Å². The minimum atomic E-state index is -0.942. The topological polar surface area (TPSA) is 62.2 Å². The van der Waals surface area contributed by atoms with Gasteiger partial charge >= 0.3 is 5.97 Å². The summed E-state index contributed by atoms with van der Waals surface area (Å²) < 4.78 is 0. The molecule has 0 radical (unpaired) electrons. The fraction of sp³-hybridized carbons (Fsp3) is 0.154. The number of carboxylic acids is 1. The molecular formula is C26H24N2O2. The van der Waals surface area contributed by atoms with Crippen LogP contribution in [0.4, 0.5) is 5.69 Å². The van der Waals surface area contributed by atoms with Crippen molar-refractivity contribution in [3.63, 3.8) is 0 Å². The SMILES string of the molecule is Cc1cc(C(C)Nc2ccccc2C(=O)O)c2cc(-c3ccccc3)c(C)nc2c1. The average Bonchev–Trinajstić information content (AvgIpc) is 2.73. The molecule has 0 amide bonds. The van der Waals surface area contributed by atoms with Crippen LogP contribution in [-0.2, 0) is 0 Å². The molecule has 0 aliphatic rings. The van der Waals surface area contributed by atoms with Crippen molar-refractivity contribution in [1.82, 2.24) is 4.98 Å². The number of fused-ring (bicyclic) bond motifs is 1. The number of hydrogen-bond donors (Lipinski definition) is 2. The lowest BCUT2D eigenvalue weighted by Crippen LogP contribution is -2.11. The third-order valence-electron chi connectivity index (χ3n) is 5.38. The molecule has 4 rings (SSSR count). The molecule has 0 saturated heterocycles. The van der Waals surface area contributed by atoms with Gasteiger partial charge in [0.05, 0.1) is 11.1 Å². The van der Waals surface area contributed by atoms with Gasteiger partial charge in [0.15, 0.2) is 0 Å². The van der Waals surface area contributed by atoms with Gasteiger partial charge in [0, 0.05) is 28.4 Å². The highest BCUT2D eigenvalue weighted by molar-refractivity contribution is 5.94. The molecule has 4 aromatic rings. The Morgan fingerprint density at radius 3 is 2.40 bits per heavy atom. The largest absolute Gasteiger partial charge is 0.478 e. The molecule has 1 atom stereocenters. The van der Waals surface area contributed by atoms with Crippen LogP contribution in [0.25, 0.3) is 22.0 Å². The van der Waals surface area contributed by atoms with E-state index in [0.29, 0.717) is 5.69 Å². The Kier molecular flexibility index (Phi) is 5.23. The van der Waals surface area contributed by atoms with E-state index < -0.39 is 5.97 Å². The normalized spacial score (nSPS) is 12.0. The van der Waals surface area contributed by atoms with E-state index in [1.54, 1.807) is 18.2 Å². The number of carbonyl (C=O) groups is 1. The molecule has 0 fully saturated rings. The van der Waals surface area contributed by atoms with Crippen molar-refractivity contribution in [2.24, 2.45) is 0 Å². The third kappa shape index (κ3) is 3.77. The van der Waals surface area contributed by atoms with E-state index in [0.717, 1.165) is 38.9 Å². The zero-order chi connectivity index (χ0) is 21.3. The number of aryl methyl sites for hydroxylation is 2. The summed E-state index contributed by atoms with van der Waals surface area (Å²) in [4.78, 5) is 16.5. The first-order chi connectivity index (χ1) is 14.4. The van der Waals surface area contributed by atoms with Crippen LogP contribution in [0, 0.1) is 13.8 Å². The molecule has 0 bridgehead atoms. The second-order valence-electron chi connectivity index (χ2n) is 7.62. The summed E-state index contributed by atoms with van der Waals surface area (Å²) in [6.45, 7) is 6.15. The van der Waals surface area contributed by atoms with Crippen LogP contribution in [0.5, 0.6) is 0 Å². The van der Waals surface area contributed by atoms with E-state index in [4.69, 9.17) is 4.98 Å². The van der Waals surface area contributed by atoms with Crippen LogP contribution in [0.15, 0.2) is 72.8 Å². The van der Waals surface area contributed by atoms with Gasteiger partial charge in [-0.3, -0.25) is 4.98 Å². The molecule has 0 aliphatic carbocycles. The lowest BCUT2D eigenvalue weighted by atomic mass is 9.95. The fourth-order valence-electron chi connectivity index (χ4n) is 3.92. The van der Waals surface area contributed by atoms with E-state index in [2.05, 4.69) is 49.5 Å². The predicted octanol–water partition coefficient (Wildman–Crippen LogP) is 6.39. The molecule has 3 aromatic carbocycles. The van der Waals surface area contributed by atoms with Gasteiger partial charge in [-0.15, -0.1) is 0 Å². The lowest BCUT2D eigenvalue weighted by molar-refractivity contribution is 0.0698. The minimum Gasteiger partial charge on any atom is -0.478 e.